The lowest BCUT2D eigenvalue weighted by Crippen LogP contribution is -2.13. The molecule has 0 unspecified atom stereocenters. The lowest BCUT2D eigenvalue weighted by atomic mass is 10.3. The van der Waals surface area contributed by atoms with Crippen molar-refractivity contribution < 1.29 is 4.74 Å². The zero-order valence-corrected chi connectivity index (χ0v) is 11.7. The molecule has 0 aliphatic carbocycles. The van der Waals surface area contributed by atoms with Crippen LogP contribution < -0.4 is 9.64 Å². The van der Waals surface area contributed by atoms with Crippen LogP contribution in [0.15, 0.2) is 65.5 Å². The van der Waals surface area contributed by atoms with Gasteiger partial charge in [0.25, 0.3) is 0 Å². The lowest BCUT2D eigenvalue weighted by Gasteiger charge is -2.09. The fraction of sp³-hybridized carbons (Fsp3) is 0.0625. The molecule has 0 radical (unpaired) electrons. The van der Waals surface area contributed by atoms with Crippen molar-refractivity contribution in [3.63, 3.8) is 0 Å². The van der Waals surface area contributed by atoms with Crippen LogP contribution in [0.3, 0.4) is 0 Å². The molecule has 0 saturated heterocycles. The quantitative estimate of drug-likeness (QED) is 0.763. The molecule has 0 saturated carbocycles. The minimum absolute atomic E-state index is 0.663. The third kappa shape index (κ3) is 2.53. The number of nitrogens with zero attached hydrogens (tertiary/aromatic N) is 2. The van der Waals surface area contributed by atoms with Crippen LogP contribution >= 0.6 is 11.6 Å². The summed E-state index contributed by atoms with van der Waals surface area (Å²) in [5.74, 6) is 1.49. The van der Waals surface area contributed by atoms with Gasteiger partial charge < -0.3 is 9.64 Å². The number of fused-ring (bicyclic) bond motifs is 1. The van der Waals surface area contributed by atoms with E-state index >= 15 is 0 Å². The monoisotopic (exact) mass is 284 g/mol. The maximum atomic E-state index is 5.96. The fourth-order valence-corrected chi connectivity index (χ4v) is 2.16. The van der Waals surface area contributed by atoms with Gasteiger partial charge in [-0.1, -0.05) is 29.8 Å². The molecular weight excluding hydrogens is 272 g/mol. The Labute approximate surface area is 122 Å². The first-order valence-corrected chi connectivity index (χ1v) is 6.62. The normalized spacial score (nSPS) is 15.7. The van der Waals surface area contributed by atoms with Crippen LogP contribution in [0.4, 0.5) is 11.4 Å². The molecule has 2 aromatic rings. The van der Waals surface area contributed by atoms with Gasteiger partial charge in [-0.2, -0.15) is 0 Å². The van der Waals surface area contributed by atoms with Crippen molar-refractivity contribution in [3.05, 3.63) is 65.5 Å². The maximum Gasteiger partial charge on any atom is 0.201 e. The summed E-state index contributed by atoms with van der Waals surface area (Å²) in [6.45, 7) is 0. The van der Waals surface area contributed by atoms with Crippen LogP contribution in [0.25, 0.3) is 0 Å². The Kier molecular flexibility index (Phi) is 3.44. The third-order valence-corrected chi connectivity index (χ3v) is 3.26. The minimum Gasteiger partial charge on any atom is -0.439 e. The number of hydrogen-bond donors (Lipinski definition) is 0. The second-order valence-corrected chi connectivity index (χ2v) is 4.83. The molecule has 0 fully saturated rings. The number of ether oxygens (including phenoxy) is 1. The number of hydrogen-bond acceptors (Lipinski definition) is 3. The van der Waals surface area contributed by atoms with E-state index in [-0.39, 0.29) is 0 Å². The Bertz CT molecular complexity index is 680. The number of halogens is 1. The van der Waals surface area contributed by atoms with Crippen molar-refractivity contribution in [2.24, 2.45) is 4.99 Å². The van der Waals surface area contributed by atoms with Gasteiger partial charge in [-0.25, -0.2) is 0 Å². The molecule has 2 aromatic carbocycles. The van der Waals surface area contributed by atoms with E-state index in [0.717, 1.165) is 23.0 Å². The second-order valence-electron chi connectivity index (χ2n) is 4.39. The molecule has 3 rings (SSSR count). The summed E-state index contributed by atoms with van der Waals surface area (Å²) < 4.78 is 5.75. The Morgan fingerprint density at radius 3 is 2.75 bits per heavy atom. The minimum atomic E-state index is 0.663. The van der Waals surface area contributed by atoms with E-state index in [1.54, 1.807) is 6.21 Å². The lowest BCUT2D eigenvalue weighted by molar-refractivity contribution is 0.445. The van der Waals surface area contributed by atoms with Crippen LogP contribution in [0.5, 0.6) is 5.75 Å². The summed E-state index contributed by atoms with van der Waals surface area (Å²) >= 11 is 5.96. The van der Waals surface area contributed by atoms with Crippen molar-refractivity contribution in [2.45, 2.75) is 0 Å². The summed E-state index contributed by atoms with van der Waals surface area (Å²) in [7, 11) is 1.95. The van der Waals surface area contributed by atoms with Gasteiger partial charge in [-0.05, 0) is 24.3 Å². The maximum absolute atomic E-state index is 5.96. The number of rotatable bonds is 2. The van der Waals surface area contributed by atoms with Gasteiger partial charge in [0.1, 0.15) is 0 Å². The van der Waals surface area contributed by atoms with Gasteiger partial charge in [0.15, 0.2) is 5.75 Å². The van der Waals surface area contributed by atoms with Gasteiger partial charge in [0, 0.05) is 30.4 Å². The predicted octanol–water partition coefficient (Wildman–Crippen LogP) is 4.41. The molecule has 0 spiro atoms. The first-order valence-electron chi connectivity index (χ1n) is 6.24. The molecule has 20 heavy (non-hydrogen) atoms. The largest absolute Gasteiger partial charge is 0.439 e. The van der Waals surface area contributed by atoms with E-state index < -0.39 is 0 Å². The van der Waals surface area contributed by atoms with Gasteiger partial charge in [-0.3, -0.25) is 4.99 Å². The molecule has 1 heterocycles. The van der Waals surface area contributed by atoms with Crippen LogP contribution in [-0.2, 0) is 0 Å². The average molecular weight is 285 g/mol. The van der Waals surface area contributed by atoms with Crippen molar-refractivity contribution >= 4 is 29.2 Å². The molecule has 100 valence electrons. The third-order valence-electron chi connectivity index (χ3n) is 3.03. The number of benzene rings is 2. The highest BCUT2D eigenvalue weighted by molar-refractivity contribution is 6.30. The van der Waals surface area contributed by atoms with E-state index in [0.29, 0.717) is 5.02 Å². The Morgan fingerprint density at radius 2 is 1.95 bits per heavy atom. The number of para-hydroxylation sites is 1. The highest BCUT2D eigenvalue weighted by Crippen LogP contribution is 2.39. The van der Waals surface area contributed by atoms with Gasteiger partial charge >= 0.3 is 0 Å². The average Bonchev–Trinajstić information content (AvgIpc) is 2.76. The van der Waals surface area contributed by atoms with E-state index in [2.05, 4.69) is 4.99 Å². The molecule has 0 N–H and O–H groups in total. The number of allylic oxidation sites excluding steroid dienone is 1. The Hall–Kier alpha value is -2.26. The highest BCUT2D eigenvalue weighted by atomic mass is 35.5. The SMILES string of the molecule is CN1C(=CC=Nc2ccccc2)Oc2cc(Cl)ccc21. The molecule has 4 heteroatoms. The zero-order chi connectivity index (χ0) is 13.9. The van der Waals surface area contributed by atoms with Crippen molar-refractivity contribution in [1.29, 1.82) is 0 Å². The summed E-state index contributed by atoms with van der Waals surface area (Å²) in [4.78, 5) is 6.31. The zero-order valence-electron chi connectivity index (χ0n) is 11.0. The Balaban J connectivity index is 1.80. The van der Waals surface area contributed by atoms with Crippen LogP contribution in [0.1, 0.15) is 0 Å². The number of anilines is 1. The van der Waals surface area contributed by atoms with Crippen molar-refractivity contribution in [3.8, 4) is 5.75 Å². The second kappa shape index (κ2) is 5.39. The molecule has 0 atom stereocenters. The first-order chi connectivity index (χ1) is 9.74. The summed E-state index contributed by atoms with van der Waals surface area (Å²) in [5.41, 5.74) is 1.90. The standard InChI is InChI=1S/C16H13ClN2O/c1-19-14-8-7-12(17)11-15(14)20-16(19)9-10-18-13-5-3-2-4-6-13/h2-11H,1H3. The predicted molar refractivity (Wildman–Crippen MR) is 83.2 cm³/mol. The van der Waals surface area contributed by atoms with Gasteiger partial charge in [-0.15, -0.1) is 0 Å². The van der Waals surface area contributed by atoms with Crippen LogP contribution in [0.2, 0.25) is 5.02 Å². The van der Waals surface area contributed by atoms with E-state index in [1.165, 1.54) is 0 Å². The van der Waals surface area contributed by atoms with E-state index in [9.17, 15) is 0 Å². The Morgan fingerprint density at radius 1 is 1.15 bits per heavy atom. The van der Waals surface area contributed by atoms with Crippen molar-refractivity contribution in [2.75, 3.05) is 11.9 Å². The molecule has 3 nitrogen and oxygen atoms in total. The van der Waals surface area contributed by atoms with E-state index in [4.69, 9.17) is 16.3 Å². The smallest absolute Gasteiger partial charge is 0.201 e. The highest BCUT2D eigenvalue weighted by Gasteiger charge is 2.22. The molecule has 0 bridgehead atoms. The summed E-state index contributed by atoms with van der Waals surface area (Å²) in [5, 5.41) is 0.663. The topological polar surface area (TPSA) is 24.8 Å². The summed E-state index contributed by atoms with van der Waals surface area (Å²) in [6.07, 6.45) is 3.57. The fourth-order valence-electron chi connectivity index (χ4n) is 1.99. The molecule has 0 aromatic heterocycles. The molecule has 0 amide bonds. The van der Waals surface area contributed by atoms with Gasteiger partial charge in [0.05, 0.1) is 11.4 Å². The molecule has 1 aliphatic rings. The van der Waals surface area contributed by atoms with Crippen molar-refractivity contribution in [1.82, 2.24) is 0 Å². The number of aliphatic imine (C=N–C) groups is 1. The molecule has 1 aliphatic heterocycles. The summed E-state index contributed by atoms with van der Waals surface area (Å²) in [6, 6.07) is 15.4. The van der Waals surface area contributed by atoms with Crippen LogP contribution in [0, 0.1) is 0 Å². The van der Waals surface area contributed by atoms with Gasteiger partial charge in [0.2, 0.25) is 5.88 Å². The molecular formula is C16H13ClN2O. The first kappa shape index (κ1) is 12.8. The van der Waals surface area contributed by atoms with E-state index in [1.807, 2.05) is 66.6 Å². The van der Waals surface area contributed by atoms with Crippen LogP contribution in [-0.4, -0.2) is 13.3 Å².